The highest BCUT2D eigenvalue weighted by Gasteiger charge is 2.64. The van der Waals surface area contributed by atoms with E-state index in [4.69, 9.17) is 14.8 Å². The molecule has 0 radical (unpaired) electrons. The highest BCUT2D eigenvalue weighted by atomic mass is 16.5. The van der Waals surface area contributed by atoms with Crippen molar-refractivity contribution in [3.8, 4) is 28.3 Å². The molecule has 1 aliphatic heterocycles. The average Bonchev–Trinajstić information content (AvgIpc) is 3.78. The Morgan fingerprint density at radius 2 is 2.03 bits per heavy atom. The molecule has 188 valence electrons. The number of fused-ring (bicyclic) bond motifs is 2. The molecule has 1 amide bonds. The maximum Gasteiger partial charge on any atom is 0.233 e. The Balaban J connectivity index is 1.32. The zero-order valence-electron chi connectivity index (χ0n) is 21.0. The fourth-order valence-corrected chi connectivity index (χ4v) is 5.79. The Kier molecular flexibility index (Phi) is 5.04. The van der Waals surface area contributed by atoms with E-state index in [1.54, 1.807) is 13.4 Å². The minimum atomic E-state index is -0.323. The number of rotatable bonds is 7. The third-order valence-electron chi connectivity index (χ3n) is 8.00. The molecule has 3 fully saturated rings. The highest BCUT2D eigenvalue weighted by Crippen LogP contribution is 2.58. The second-order valence-corrected chi connectivity index (χ2v) is 10.8. The smallest absolute Gasteiger partial charge is 0.233 e. The van der Waals surface area contributed by atoms with Crippen molar-refractivity contribution in [3.63, 3.8) is 0 Å². The van der Waals surface area contributed by atoms with Crippen molar-refractivity contribution in [2.24, 2.45) is 17.3 Å². The van der Waals surface area contributed by atoms with Crippen LogP contribution in [0.5, 0.6) is 5.75 Å². The van der Waals surface area contributed by atoms with Gasteiger partial charge in [0, 0.05) is 43.0 Å². The summed E-state index contributed by atoms with van der Waals surface area (Å²) < 4.78 is 7.64. The first-order valence-electron chi connectivity index (χ1n) is 12.9. The van der Waals surface area contributed by atoms with Crippen molar-refractivity contribution in [1.82, 2.24) is 29.6 Å². The van der Waals surface area contributed by atoms with Gasteiger partial charge >= 0.3 is 0 Å². The van der Waals surface area contributed by atoms with Gasteiger partial charge in [0.1, 0.15) is 23.2 Å². The molecule has 2 saturated carbocycles. The number of anilines is 1. The van der Waals surface area contributed by atoms with Gasteiger partial charge in [-0.2, -0.15) is 5.10 Å². The SMILES string of the molecule is COc1cc2ncnc(-c3cn(CC4CC4)nc3-c3ccccc3)c2nc1NC(=O)C12CC1CN(C)C2. The Morgan fingerprint density at radius 3 is 2.76 bits per heavy atom. The number of benzene rings is 1. The van der Waals surface area contributed by atoms with Gasteiger partial charge in [-0.05, 0) is 38.1 Å². The van der Waals surface area contributed by atoms with Gasteiger partial charge in [0.2, 0.25) is 5.91 Å². The number of piperidine rings is 1. The van der Waals surface area contributed by atoms with E-state index in [1.807, 2.05) is 28.9 Å². The number of carbonyl (C=O) groups excluding carboxylic acids is 1. The van der Waals surface area contributed by atoms with Gasteiger partial charge in [0.15, 0.2) is 11.6 Å². The standard InChI is InChI=1S/C28H29N7O2/c1-34-13-19-11-28(19,15-34)27(36)32-26-22(37-2)10-21-25(31-26)24(30-16-29-21)20-14-35(12-17-8-9-17)33-23(20)18-6-4-3-5-7-18/h3-7,10,14,16-17,19H,8-9,11-13,15H2,1-2H3,(H,31,32,36). The lowest BCUT2D eigenvalue weighted by molar-refractivity contribution is -0.121. The first-order valence-corrected chi connectivity index (χ1v) is 12.9. The summed E-state index contributed by atoms with van der Waals surface area (Å²) in [6.45, 7) is 2.62. The lowest BCUT2D eigenvalue weighted by atomic mass is 10.0. The van der Waals surface area contributed by atoms with E-state index < -0.39 is 0 Å². The van der Waals surface area contributed by atoms with E-state index in [0.29, 0.717) is 40.1 Å². The van der Waals surface area contributed by atoms with Gasteiger partial charge in [0.25, 0.3) is 0 Å². The molecule has 0 spiro atoms. The number of amides is 1. The van der Waals surface area contributed by atoms with Crippen LogP contribution in [0.25, 0.3) is 33.5 Å². The molecule has 37 heavy (non-hydrogen) atoms. The van der Waals surface area contributed by atoms with Crippen molar-refractivity contribution < 1.29 is 9.53 Å². The highest BCUT2D eigenvalue weighted by molar-refractivity contribution is 6.01. The second kappa shape index (κ2) is 8.34. The topological polar surface area (TPSA) is 98.1 Å². The number of ether oxygens (including phenoxy) is 1. The molecule has 2 aliphatic carbocycles. The van der Waals surface area contributed by atoms with E-state index in [9.17, 15) is 4.79 Å². The Morgan fingerprint density at radius 1 is 1.19 bits per heavy atom. The third-order valence-corrected chi connectivity index (χ3v) is 8.00. The van der Waals surface area contributed by atoms with Crippen LogP contribution in [0.2, 0.25) is 0 Å². The van der Waals surface area contributed by atoms with Crippen molar-refractivity contribution >= 4 is 22.8 Å². The maximum atomic E-state index is 13.4. The molecule has 9 heteroatoms. The van der Waals surface area contributed by atoms with Crippen molar-refractivity contribution in [3.05, 3.63) is 48.9 Å². The number of nitrogens with one attached hydrogen (secondary N) is 1. The number of likely N-dealkylation sites (tertiary alicyclic amines) is 1. The zero-order valence-corrected chi connectivity index (χ0v) is 21.0. The van der Waals surface area contributed by atoms with Gasteiger partial charge in [-0.1, -0.05) is 30.3 Å². The molecule has 3 aromatic heterocycles. The van der Waals surface area contributed by atoms with Crippen LogP contribution in [0.4, 0.5) is 5.82 Å². The first-order chi connectivity index (χ1) is 18.0. The first kappa shape index (κ1) is 22.4. The van der Waals surface area contributed by atoms with Gasteiger partial charge in [0.05, 0.1) is 18.0 Å². The summed E-state index contributed by atoms with van der Waals surface area (Å²) in [5, 5.41) is 8.04. The van der Waals surface area contributed by atoms with Gasteiger partial charge < -0.3 is 15.0 Å². The fourth-order valence-electron chi connectivity index (χ4n) is 5.79. The van der Waals surface area contributed by atoms with E-state index >= 15 is 0 Å². The molecule has 2 unspecified atom stereocenters. The van der Waals surface area contributed by atoms with Gasteiger partial charge in [-0.25, -0.2) is 15.0 Å². The van der Waals surface area contributed by atoms with E-state index in [-0.39, 0.29) is 11.3 Å². The summed E-state index contributed by atoms with van der Waals surface area (Å²) in [6.07, 6.45) is 7.03. The summed E-state index contributed by atoms with van der Waals surface area (Å²) in [4.78, 5) is 29.6. The summed E-state index contributed by atoms with van der Waals surface area (Å²) in [5.41, 5.74) is 4.39. The van der Waals surface area contributed by atoms with Crippen molar-refractivity contribution in [2.45, 2.75) is 25.8 Å². The van der Waals surface area contributed by atoms with Crippen LogP contribution in [0.3, 0.4) is 0 Å². The summed E-state index contributed by atoms with van der Waals surface area (Å²) in [6, 6.07) is 12.0. The Hall–Kier alpha value is -3.85. The van der Waals surface area contributed by atoms with Crippen LogP contribution < -0.4 is 10.1 Å². The van der Waals surface area contributed by atoms with E-state index in [0.717, 1.165) is 42.9 Å². The molecule has 1 N–H and O–H groups in total. The molecule has 4 heterocycles. The number of methoxy groups -OCH3 is 1. The molecule has 0 bridgehead atoms. The average molecular weight is 496 g/mol. The molecule has 3 aliphatic rings. The quantitative estimate of drug-likeness (QED) is 0.416. The summed E-state index contributed by atoms with van der Waals surface area (Å²) in [5.74, 6) is 1.99. The molecule has 1 saturated heterocycles. The Labute approximate surface area is 214 Å². The predicted molar refractivity (Wildman–Crippen MR) is 140 cm³/mol. The fraction of sp³-hybridized carbons (Fsp3) is 0.393. The molecule has 9 nitrogen and oxygen atoms in total. The largest absolute Gasteiger partial charge is 0.493 e. The normalized spacial score (nSPS) is 22.7. The van der Waals surface area contributed by atoms with Crippen LogP contribution in [0.15, 0.2) is 48.9 Å². The van der Waals surface area contributed by atoms with Crippen LogP contribution in [0, 0.1) is 17.3 Å². The molecular weight excluding hydrogens is 466 g/mol. The molecule has 4 aromatic rings. The predicted octanol–water partition coefficient (Wildman–Crippen LogP) is 3.86. The third kappa shape index (κ3) is 3.85. The van der Waals surface area contributed by atoms with Gasteiger partial charge in [-0.15, -0.1) is 0 Å². The maximum absolute atomic E-state index is 13.4. The minimum absolute atomic E-state index is 0.00706. The summed E-state index contributed by atoms with van der Waals surface area (Å²) >= 11 is 0. The van der Waals surface area contributed by atoms with Gasteiger partial charge in [-0.3, -0.25) is 9.48 Å². The van der Waals surface area contributed by atoms with Crippen LogP contribution in [0.1, 0.15) is 19.3 Å². The van der Waals surface area contributed by atoms with Crippen LogP contribution in [-0.4, -0.2) is 62.8 Å². The number of hydrogen-bond donors (Lipinski definition) is 1. The number of carbonyl (C=O) groups is 1. The lowest BCUT2D eigenvalue weighted by Crippen LogP contribution is -2.31. The lowest BCUT2D eigenvalue weighted by Gasteiger charge is -2.17. The number of aromatic nitrogens is 5. The van der Waals surface area contributed by atoms with E-state index in [2.05, 4.69) is 45.6 Å². The minimum Gasteiger partial charge on any atom is -0.493 e. The zero-order chi connectivity index (χ0) is 25.1. The van der Waals surface area contributed by atoms with Crippen molar-refractivity contribution in [2.75, 3.05) is 32.6 Å². The monoisotopic (exact) mass is 495 g/mol. The van der Waals surface area contributed by atoms with Crippen LogP contribution in [-0.2, 0) is 11.3 Å². The van der Waals surface area contributed by atoms with E-state index in [1.165, 1.54) is 12.8 Å². The number of hydrogen-bond acceptors (Lipinski definition) is 7. The molecule has 1 aromatic carbocycles. The Bertz CT molecular complexity index is 1510. The second-order valence-electron chi connectivity index (χ2n) is 10.8. The number of pyridine rings is 1. The molecule has 7 rings (SSSR count). The molecule has 2 atom stereocenters. The van der Waals surface area contributed by atoms with Crippen LogP contribution >= 0.6 is 0 Å². The summed E-state index contributed by atoms with van der Waals surface area (Å²) in [7, 11) is 3.64. The number of nitrogens with zero attached hydrogens (tertiary/aromatic N) is 6. The molecular formula is C28H29N7O2. The van der Waals surface area contributed by atoms with Crippen molar-refractivity contribution in [1.29, 1.82) is 0 Å².